The van der Waals surface area contributed by atoms with Crippen molar-refractivity contribution in [3.63, 3.8) is 0 Å². The minimum atomic E-state index is -0.758. The van der Waals surface area contributed by atoms with Crippen LogP contribution in [0.5, 0.6) is 0 Å². The third kappa shape index (κ3) is 11.7. The van der Waals surface area contributed by atoms with Crippen LogP contribution in [0.2, 0.25) is 0 Å². The third-order valence-electron chi connectivity index (χ3n) is 3.28. The van der Waals surface area contributed by atoms with Gasteiger partial charge >= 0.3 is 5.97 Å². The van der Waals surface area contributed by atoms with Crippen LogP contribution in [-0.2, 0) is 19.0 Å². The van der Waals surface area contributed by atoms with E-state index in [9.17, 15) is 9.90 Å². The van der Waals surface area contributed by atoms with Crippen molar-refractivity contribution in [1.82, 2.24) is 0 Å². The van der Waals surface area contributed by atoms with Gasteiger partial charge in [-0.1, -0.05) is 34.1 Å². The number of hydrogen-bond acceptors (Lipinski definition) is 4. The molecule has 0 saturated carbocycles. The molecule has 0 aliphatic heterocycles. The number of unbranched alkanes of at least 4 members (excludes halogenated alkanes) is 1. The molecule has 126 valence electrons. The Morgan fingerprint density at radius 1 is 0.952 bits per heavy atom. The molecule has 5 nitrogen and oxygen atoms in total. The lowest BCUT2D eigenvalue weighted by Crippen LogP contribution is -2.29. The van der Waals surface area contributed by atoms with Crippen molar-refractivity contribution in [1.29, 1.82) is 0 Å². The molecule has 0 aliphatic rings. The quantitative estimate of drug-likeness (QED) is 0.530. The predicted molar refractivity (Wildman–Crippen MR) is 82.6 cm³/mol. The lowest BCUT2D eigenvalue weighted by molar-refractivity contribution is -0.146. The van der Waals surface area contributed by atoms with Crippen molar-refractivity contribution in [2.45, 2.75) is 47.0 Å². The van der Waals surface area contributed by atoms with Crippen LogP contribution < -0.4 is 0 Å². The first-order chi connectivity index (χ1) is 9.89. The van der Waals surface area contributed by atoms with Gasteiger partial charge in [-0.15, -0.1) is 0 Å². The molecule has 0 amide bonds. The fourth-order valence-corrected chi connectivity index (χ4v) is 1.92. The van der Waals surface area contributed by atoms with E-state index in [1.165, 1.54) is 0 Å². The standard InChI is InChI=1S/C16H32O5/c1-5-6-8-19-10-12-21-13-11-20-9-7-14(15(17)18)16(2,3)4/h14H,5-13H2,1-4H3,(H,17,18). The average molecular weight is 304 g/mol. The van der Waals surface area contributed by atoms with E-state index in [1.54, 1.807) is 0 Å². The van der Waals surface area contributed by atoms with Gasteiger partial charge in [0.15, 0.2) is 0 Å². The zero-order chi connectivity index (χ0) is 16.1. The van der Waals surface area contributed by atoms with E-state index in [0.29, 0.717) is 39.5 Å². The van der Waals surface area contributed by atoms with Crippen molar-refractivity contribution in [3.05, 3.63) is 0 Å². The Kier molecular flexibility index (Phi) is 11.6. The lowest BCUT2D eigenvalue weighted by atomic mass is 9.79. The van der Waals surface area contributed by atoms with Gasteiger partial charge in [-0.2, -0.15) is 0 Å². The number of hydrogen-bond donors (Lipinski definition) is 1. The highest BCUT2D eigenvalue weighted by molar-refractivity contribution is 5.70. The van der Waals surface area contributed by atoms with Crippen LogP contribution in [0.1, 0.15) is 47.0 Å². The molecule has 5 heteroatoms. The summed E-state index contributed by atoms with van der Waals surface area (Å²) in [6.07, 6.45) is 2.75. The second-order valence-electron chi connectivity index (χ2n) is 6.24. The van der Waals surface area contributed by atoms with Crippen molar-refractivity contribution < 1.29 is 24.1 Å². The van der Waals surface area contributed by atoms with Crippen molar-refractivity contribution in [2.75, 3.05) is 39.6 Å². The van der Waals surface area contributed by atoms with Gasteiger partial charge in [-0.25, -0.2) is 0 Å². The van der Waals surface area contributed by atoms with Crippen LogP contribution in [0, 0.1) is 11.3 Å². The summed E-state index contributed by atoms with van der Waals surface area (Å²) in [6, 6.07) is 0. The molecule has 0 aromatic rings. The summed E-state index contributed by atoms with van der Waals surface area (Å²) in [5.74, 6) is -1.14. The Labute approximate surface area is 129 Å². The highest BCUT2D eigenvalue weighted by Crippen LogP contribution is 2.28. The topological polar surface area (TPSA) is 65.0 Å². The highest BCUT2D eigenvalue weighted by Gasteiger charge is 2.30. The molecule has 0 rings (SSSR count). The third-order valence-corrected chi connectivity index (χ3v) is 3.28. The molecule has 0 saturated heterocycles. The number of aliphatic carboxylic acids is 1. The fourth-order valence-electron chi connectivity index (χ4n) is 1.92. The molecule has 1 N–H and O–H groups in total. The molecule has 0 fully saturated rings. The van der Waals surface area contributed by atoms with Crippen molar-refractivity contribution in [3.8, 4) is 0 Å². The summed E-state index contributed by atoms with van der Waals surface area (Å²) >= 11 is 0. The molecular formula is C16H32O5. The largest absolute Gasteiger partial charge is 0.481 e. The van der Waals surface area contributed by atoms with E-state index in [-0.39, 0.29) is 11.3 Å². The molecule has 0 aliphatic carbocycles. The van der Waals surface area contributed by atoms with E-state index in [2.05, 4.69) is 6.92 Å². The van der Waals surface area contributed by atoms with Gasteiger partial charge in [0.2, 0.25) is 0 Å². The molecule has 1 atom stereocenters. The van der Waals surface area contributed by atoms with E-state index < -0.39 is 5.97 Å². The van der Waals surface area contributed by atoms with Crippen LogP contribution in [0.25, 0.3) is 0 Å². The Morgan fingerprint density at radius 2 is 1.43 bits per heavy atom. The monoisotopic (exact) mass is 304 g/mol. The lowest BCUT2D eigenvalue weighted by Gasteiger charge is -2.26. The molecule has 0 heterocycles. The zero-order valence-corrected chi connectivity index (χ0v) is 14.0. The Morgan fingerprint density at radius 3 is 1.86 bits per heavy atom. The van der Waals surface area contributed by atoms with E-state index in [0.717, 1.165) is 19.4 Å². The number of ether oxygens (including phenoxy) is 3. The first-order valence-electron chi connectivity index (χ1n) is 7.85. The summed E-state index contributed by atoms with van der Waals surface area (Å²) in [7, 11) is 0. The van der Waals surface area contributed by atoms with Crippen molar-refractivity contribution in [2.24, 2.45) is 11.3 Å². The zero-order valence-electron chi connectivity index (χ0n) is 14.0. The average Bonchev–Trinajstić information content (AvgIpc) is 2.38. The molecule has 0 spiro atoms. The second kappa shape index (κ2) is 12.0. The first kappa shape index (κ1) is 20.3. The van der Waals surface area contributed by atoms with E-state index in [1.807, 2.05) is 20.8 Å². The maximum Gasteiger partial charge on any atom is 0.307 e. The van der Waals surface area contributed by atoms with Crippen LogP contribution in [0.4, 0.5) is 0 Å². The van der Waals surface area contributed by atoms with Gasteiger partial charge in [0.25, 0.3) is 0 Å². The van der Waals surface area contributed by atoms with Crippen LogP contribution in [0.3, 0.4) is 0 Å². The molecule has 0 bridgehead atoms. The van der Waals surface area contributed by atoms with Gasteiger partial charge in [0.1, 0.15) is 0 Å². The summed E-state index contributed by atoms with van der Waals surface area (Å²) in [6.45, 7) is 11.4. The molecule has 0 radical (unpaired) electrons. The summed E-state index contributed by atoms with van der Waals surface area (Å²) in [4.78, 5) is 11.2. The summed E-state index contributed by atoms with van der Waals surface area (Å²) in [5.41, 5.74) is -0.248. The van der Waals surface area contributed by atoms with Crippen molar-refractivity contribution >= 4 is 5.97 Å². The SMILES string of the molecule is CCCCOCCOCCOCCC(C(=O)O)C(C)(C)C. The number of rotatable bonds is 13. The van der Waals surface area contributed by atoms with Crippen LogP contribution in [-0.4, -0.2) is 50.7 Å². The smallest absolute Gasteiger partial charge is 0.307 e. The van der Waals surface area contributed by atoms with Crippen LogP contribution in [0.15, 0.2) is 0 Å². The fraction of sp³-hybridized carbons (Fsp3) is 0.938. The second-order valence-corrected chi connectivity index (χ2v) is 6.24. The molecular weight excluding hydrogens is 272 g/mol. The van der Waals surface area contributed by atoms with Gasteiger partial charge in [0, 0.05) is 13.2 Å². The van der Waals surface area contributed by atoms with Gasteiger partial charge in [0.05, 0.1) is 32.3 Å². The molecule has 21 heavy (non-hydrogen) atoms. The number of carbonyl (C=O) groups is 1. The summed E-state index contributed by atoms with van der Waals surface area (Å²) < 4.78 is 16.2. The van der Waals surface area contributed by atoms with Crippen LogP contribution >= 0.6 is 0 Å². The van der Waals surface area contributed by atoms with E-state index in [4.69, 9.17) is 14.2 Å². The number of carboxylic acid groups (broad SMARTS) is 1. The molecule has 1 unspecified atom stereocenters. The highest BCUT2D eigenvalue weighted by atomic mass is 16.5. The molecule has 0 aromatic carbocycles. The maximum absolute atomic E-state index is 11.2. The Bertz CT molecular complexity index is 260. The van der Waals surface area contributed by atoms with Gasteiger partial charge < -0.3 is 19.3 Å². The Balaban J connectivity index is 3.45. The normalized spacial score (nSPS) is 13.3. The Hall–Kier alpha value is -0.650. The first-order valence-corrected chi connectivity index (χ1v) is 7.85. The summed E-state index contributed by atoms with van der Waals surface area (Å²) in [5, 5.41) is 9.18. The van der Waals surface area contributed by atoms with E-state index >= 15 is 0 Å². The van der Waals surface area contributed by atoms with Gasteiger partial charge in [-0.3, -0.25) is 4.79 Å². The van der Waals surface area contributed by atoms with Gasteiger partial charge in [-0.05, 0) is 18.3 Å². The maximum atomic E-state index is 11.2. The minimum Gasteiger partial charge on any atom is -0.481 e. The minimum absolute atomic E-state index is 0.248. The predicted octanol–water partition coefficient (Wildman–Crippen LogP) is 2.97. The number of carboxylic acids is 1. The molecule has 0 aromatic heterocycles.